The molecule has 6 nitrogen and oxygen atoms in total. The molecular formula is C14H12BrN3O3S2. The molecule has 0 saturated heterocycles. The molecule has 0 radical (unpaired) electrons. The molecule has 3 aromatic rings. The van der Waals surface area contributed by atoms with Crippen molar-refractivity contribution in [3.05, 3.63) is 47.1 Å². The van der Waals surface area contributed by atoms with E-state index in [1.807, 2.05) is 12.1 Å². The Hall–Kier alpha value is -1.58. The van der Waals surface area contributed by atoms with Crippen LogP contribution in [-0.2, 0) is 9.84 Å². The number of aromatic amines is 1. The standard InChI is InChI=1S/C14H12BrN3O3S2/c15-10-3-5-11(6-4-10)23(19,20)9-8-22-14-18-17-13(21-14)12-2-1-7-16-12/h1-7,16H,8-9H2. The molecular weight excluding hydrogens is 402 g/mol. The van der Waals surface area contributed by atoms with E-state index in [1.54, 1.807) is 30.5 Å². The first-order valence-corrected chi connectivity index (χ1v) is 10.1. The van der Waals surface area contributed by atoms with Gasteiger partial charge in [-0.3, -0.25) is 0 Å². The highest BCUT2D eigenvalue weighted by Gasteiger charge is 2.16. The Kier molecular flexibility index (Phi) is 4.88. The molecule has 3 rings (SSSR count). The number of hydrogen-bond donors (Lipinski definition) is 1. The van der Waals surface area contributed by atoms with E-state index in [1.165, 1.54) is 11.8 Å². The fourth-order valence-electron chi connectivity index (χ4n) is 1.84. The van der Waals surface area contributed by atoms with Crippen molar-refractivity contribution in [3.8, 4) is 11.6 Å². The fourth-order valence-corrected chi connectivity index (χ4v) is 4.51. The average molecular weight is 414 g/mol. The van der Waals surface area contributed by atoms with Crippen LogP contribution in [0.4, 0.5) is 0 Å². The van der Waals surface area contributed by atoms with Gasteiger partial charge in [0.25, 0.3) is 11.1 Å². The van der Waals surface area contributed by atoms with Crippen LogP contribution in [0.15, 0.2) is 61.6 Å². The van der Waals surface area contributed by atoms with Gasteiger partial charge in [0, 0.05) is 16.4 Å². The van der Waals surface area contributed by atoms with Crippen molar-refractivity contribution in [3.63, 3.8) is 0 Å². The Bertz CT molecular complexity index is 874. The summed E-state index contributed by atoms with van der Waals surface area (Å²) in [5.41, 5.74) is 0.729. The predicted molar refractivity (Wildman–Crippen MR) is 91.0 cm³/mol. The molecule has 0 saturated carbocycles. The van der Waals surface area contributed by atoms with E-state index >= 15 is 0 Å². The number of halogens is 1. The van der Waals surface area contributed by atoms with Crippen molar-refractivity contribution >= 4 is 37.5 Å². The Labute approximate surface area is 145 Å². The molecule has 2 heterocycles. The first kappa shape index (κ1) is 16.3. The van der Waals surface area contributed by atoms with Gasteiger partial charge in [0.2, 0.25) is 0 Å². The minimum absolute atomic E-state index is 0.000482. The number of rotatable bonds is 6. The molecule has 0 atom stereocenters. The van der Waals surface area contributed by atoms with Crippen molar-refractivity contribution in [2.45, 2.75) is 10.1 Å². The van der Waals surface area contributed by atoms with Crippen LogP contribution in [0.1, 0.15) is 0 Å². The molecule has 9 heteroatoms. The topological polar surface area (TPSA) is 88.9 Å². The maximum Gasteiger partial charge on any atom is 0.276 e. The maximum atomic E-state index is 12.2. The third-order valence-corrected chi connectivity index (χ3v) is 6.32. The highest BCUT2D eigenvalue weighted by Crippen LogP contribution is 2.23. The molecule has 0 unspecified atom stereocenters. The Morgan fingerprint density at radius 3 is 2.65 bits per heavy atom. The zero-order valence-corrected chi connectivity index (χ0v) is 15.0. The number of hydrogen-bond acceptors (Lipinski definition) is 6. The number of nitrogens with zero attached hydrogens (tertiary/aromatic N) is 2. The molecule has 23 heavy (non-hydrogen) atoms. The molecule has 0 bridgehead atoms. The largest absolute Gasteiger partial charge is 0.410 e. The molecule has 0 aliphatic carbocycles. The molecule has 0 amide bonds. The summed E-state index contributed by atoms with van der Waals surface area (Å²) in [6, 6.07) is 10.2. The van der Waals surface area contributed by atoms with Gasteiger partial charge in [-0.2, -0.15) is 0 Å². The fraction of sp³-hybridized carbons (Fsp3) is 0.143. The zero-order valence-electron chi connectivity index (χ0n) is 11.8. The summed E-state index contributed by atoms with van der Waals surface area (Å²) >= 11 is 4.51. The van der Waals surface area contributed by atoms with E-state index in [0.717, 1.165) is 10.2 Å². The molecule has 0 spiro atoms. The van der Waals surface area contributed by atoms with Crippen molar-refractivity contribution in [2.75, 3.05) is 11.5 Å². The third kappa shape index (κ3) is 4.04. The lowest BCUT2D eigenvalue weighted by Gasteiger charge is -2.03. The van der Waals surface area contributed by atoms with Crippen molar-refractivity contribution < 1.29 is 12.8 Å². The molecule has 0 aliphatic heterocycles. The Morgan fingerprint density at radius 1 is 1.17 bits per heavy atom. The lowest BCUT2D eigenvalue weighted by atomic mass is 10.4. The first-order valence-electron chi connectivity index (χ1n) is 6.63. The lowest BCUT2D eigenvalue weighted by molar-refractivity contribution is 0.465. The highest BCUT2D eigenvalue weighted by molar-refractivity contribution is 9.10. The summed E-state index contributed by atoms with van der Waals surface area (Å²) in [6.45, 7) is 0. The lowest BCUT2D eigenvalue weighted by Crippen LogP contribution is -2.08. The van der Waals surface area contributed by atoms with E-state index < -0.39 is 9.84 Å². The van der Waals surface area contributed by atoms with Gasteiger partial charge in [-0.1, -0.05) is 27.7 Å². The highest BCUT2D eigenvalue weighted by atomic mass is 79.9. The maximum absolute atomic E-state index is 12.2. The monoisotopic (exact) mass is 413 g/mol. The first-order chi connectivity index (χ1) is 11.0. The summed E-state index contributed by atoms with van der Waals surface area (Å²) in [4.78, 5) is 3.27. The normalized spacial score (nSPS) is 11.7. The van der Waals surface area contributed by atoms with Crippen molar-refractivity contribution in [1.82, 2.24) is 15.2 Å². The summed E-state index contributed by atoms with van der Waals surface area (Å²) in [5, 5.41) is 8.17. The number of nitrogens with one attached hydrogen (secondary N) is 1. The van der Waals surface area contributed by atoms with Gasteiger partial charge in [0.1, 0.15) is 5.69 Å². The summed E-state index contributed by atoms with van der Waals surface area (Å²) in [7, 11) is -3.32. The van der Waals surface area contributed by atoms with Crippen LogP contribution in [0.3, 0.4) is 0 Å². The number of thioether (sulfide) groups is 1. The van der Waals surface area contributed by atoms with Crippen LogP contribution < -0.4 is 0 Å². The van der Waals surface area contributed by atoms with E-state index in [-0.39, 0.29) is 5.75 Å². The quantitative estimate of drug-likeness (QED) is 0.622. The van der Waals surface area contributed by atoms with Crippen LogP contribution in [0, 0.1) is 0 Å². The van der Waals surface area contributed by atoms with Gasteiger partial charge < -0.3 is 9.40 Å². The van der Waals surface area contributed by atoms with Crippen molar-refractivity contribution in [1.29, 1.82) is 0 Å². The number of benzene rings is 1. The van der Waals surface area contributed by atoms with E-state index in [0.29, 0.717) is 21.8 Å². The third-order valence-electron chi connectivity index (χ3n) is 2.99. The minimum atomic E-state index is -3.32. The summed E-state index contributed by atoms with van der Waals surface area (Å²) < 4.78 is 30.8. The van der Waals surface area contributed by atoms with Crippen LogP contribution in [0.2, 0.25) is 0 Å². The second-order valence-corrected chi connectivity index (χ2v) is 8.65. The second-order valence-electron chi connectivity index (χ2n) is 4.58. The van der Waals surface area contributed by atoms with Crippen LogP contribution in [-0.4, -0.2) is 35.1 Å². The van der Waals surface area contributed by atoms with Gasteiger partial charge >= 0.3 is 0 Å². The van der Waals surface area contributed by atoms with Gasteiger partial charge in [0.15, 0.2) is 9.84 Å². The van der Waals surface area contributed by atoms with E-state index in [9.17, 15) is 8.42 Å². The van der Waals surface area contributed by atoms with Gasteiger partial charge in [-0.15, -0.1) is 10.2 Å². The second kappa shape index (κ2) is 6.90. The molecule has 0 fully saturated rings. The smallest absolute Gasteiger partial charge is 0.276 e. The van der Waals surface area contributed by atoms with Crippen LogP contribution >= 0.6 is 27.7 Å². The molecule has 120 valence electrons. The minimum Gasteiger partial charge on any atom is -0.410 e. The van der Waals surface area contributed by atoms with Gasteiger partial charge in [-0.05, 0) is 36.4 Å². The van der Waals surface area contributed by atoms with Crippen LogP contribution in [0.25, 0.3) is 11.6 Å². The van der Waals surface area contributed by atoms with Gasteiger partial charge in [-0.25, -0.2) is 8.42 Å². The van der Waals surface area contributed by atoms with Crippen LogP contribution in [0.5, 0.6) is 0 Å². The molecule has 1 aromatic carbocycles. The van der Waals surface area contributed by atoms with E-state index in [4.69, 9.17) is 4.42 Å². The predicted octanol–water partition coefficient (Wildman–Crippen LogP) is 3.39. The van der Waals surface area contributed by atoms with Gasteiger partial charge in [0.05, 0.1) is 10.6 Å². The number of sulfone groups is 1. The SMILES string of the molecule is O=S(=O)(CCSc1nnc(-c2ccc[nH]2)o1)c1ccc(Br)cc1. The van der Waals surface area contributed by atoms with Crippen molar-refractivity contribution in [2.24, 2.45) is 0 Å². The zero-order chi connectivity index (χ0) is 16.3. The van der Waals surface area contributed by atoms with E-state index in [2.05, 4.69) is 31.1 Å². The molecule has 2 aromatic heterocycles. The number of aromatic nitrogens is 3. The molecule has 0 aliphatic rings. The Morgan fingerprint density at radius 2 is 1.96 bits per heavy atom. The number of H-pyrrole nitrogens is 1. The Balaban J connectivity index is 1.60. The molecule has 1 N–H and O–H groups in total. The summed E-state index contributed by atoms with van der Waals surface area (Å²) in [6.07, 6.45) is 1.76. The summed E-state index contributed by atoms with van der Waals surface area (Å²) in [5.74, 6) is 0.720. The average Bonchev–Trinajstić information content (AvgIpc) is 3.18.